The van der Waals surface area contributed by atoms with Crippen molar-refractivity contribution in [2.45, 2.75) is 90.1 Å². The Balaban J connectivity index is 0.00000484. The van der Waals surface area contributed by atoms with Crippen LogP contribution in [0.4, 0.5) is 0 Å². The van der Waals surface area contributed by atoms with Gasteiger partial charge in [0.25, 0.3) is 0 Å². The predicted molar refractivity (Wildman–Crippen MR) is 112 cm³/mol. The van der Waals surface area contributed by atoms with Crippen molar-refractivity contribution in [1.82, 2.24) is 0 Å². The highest BCUT2D eigenvalue weighted by Crippen LogP contribution is 2.20. The van der Waals surface area contributed by atoms with Crippen molar-refractivity contribution in [3.63, 3.8) is 0 Å². The zero-order valence-corrected chi connectivity index (χ0v) is 17.0. The van der Waals surface area contributed by atoms with Crippen LogP contribution in [0.15, 0.2) is 30.3 Å². The van der Waals surface area contributed by atoms with Gasteiger partial charge in [-0.05, 0) is 24.3 Å². The minimum Gasteiger partial charge on any atom is -0.147 e. The van der Waals surface area contributed by atoms with E-state index in [1.807, 2.05) is 0 Å². The van der Waals surface area contributed by atoms with E-state index < -0.39 is 0 Å². The standard InChI is InChI=1S/C21H37P.ClH/c1-2-3-4-5-6-7-8-9-10-11-12-16-19-22-20-21-17-14-13-15-18-21;/h13-15,17-18,22H,2-12,16,19-20H2,1H3;1H. The quantitative estimate of drug-likeness (QED) is 0.220. The zero-order valence-electron chi connectivity index (χ0n) is 15.2. The molecule has 1 aromatic carbocycles. The average Bonchev–Trinajstić information content (AvgIpc) is 2.56. The Hall–Kier alpha value is -0.0600. The van der Waals surface area contributed by atoms with Gasteiger partial charge in [0.2, 0.25) is 0 Å². The summed E-state index contributed by atoms with van der Waals surface area (Å²) in [5.41, 5.74) is 1.51. The van der Waals surface area contributed by atoms with E-state index in [9.17, 15) is 0 Å². The summed E-state index contributed by atoms with van der Waals surface area (Å²) in [7, 11) is 1.12. The van der Waals surface area contributed by atoms with E-state index in [1.165, 1.54) is 94.9 Å². The number of benzene rings is 1. The Morgan fingerprint density at radius 1 is 0.652 bits per heavy atom. The molecule has 0 saturated carbocycles. The topological polar surface area (TPSA) is 0 Å². The summed E-state index contributed by atoms with van der Waals surface area (Å²) in [6.45, 7) is 2.29. The summed E-state index contributed by atoms with van der Waals surface area (Å²) in [5, 5.41) is 0. The van der Waals surface area contributed by atoms with E-state index >= 15 is 0 Å². The molecule has 0 radical (unpaired) electrons. The van der Waals surface area contributed by atoms with Crippen LogP contribution in [-0.2, 0) is 6.16 Å². The molecule has 0 fully saturated rings. The van der Waals surface area contributed by atoms with Crippen molar-refractivity contribution >= 4 is 21.0 Å². The van der Waals surface area contributed by atoms with E-state index in [4.69, 9.17) is 0 Å². The molecule has 0 spiro atoms. The Morgan fingerprint density at radius 2 is 1.13 bits per heavy atom. The largest absolute Gasteiger partial charge is 0.147 e. The van der Waals surface area contributed by atoms with Gasteiger partial charge in [-0.1, -0.05) is 108 Å². The van der Waals surface area contributed by atoms with Crippen molar-refractivity contribution in [3.05, 3.63) is 35.9 Å². The molecule has 1 aromatic rings. The Kier molecular flexibility index (Phi) is 18.2. The molecule has 0 heterocycles. The van der Waals surface area contributed by atoms with E-state index in [1.54, 1.807) is 0 Å². The lowest BCUT2D eigenvalue weighted by molar-refractivity contribution is 0.548. The maximum atomic E-state index is 2.29. The first-order chi connectivity index (χ1) is 10.9. The fraction of sp³-hybridized carbons (Fsp3) is 0.714. The molecule has 134 valence electrons. The summed E-state index contributed by atoms with van der Waals surface area (Å²) < 4.78 is 0. The summed E-state index contributed by atoms with van der Waals surface area (Å²) in [4.78, 5) is 0. The minimum absolute atomic E-state index is 0. The monoisotopic (exact) mass is 356 g/mol. The molecule has 23 heavy (non-hydrogen) atoms. The van der Waals surface area contributed by atoms with Crippen LogP contribution in [-0.4, -0.2) is 6.16 Å². The number of hydrogen-bond acceptors (Lipinski definition) is 0. The molecular weight excluding hydrogens is 319 g/mol. The highest BCUT2D eigenvalue weighted by Gasteiger charge is 1.95. The fourth-order valence-corrected chi connectivity index (χ4v) is 4.12. The Bertz CT molecular complexity index is 326. The van der Waals surface area contributed by atoms with Gasteiger partial charge in [0.05, 0.1) is 0 Å². The number of hydrogen-bond donors (Lipinski definition) is 0. The van der Waals surface area contributed by atoms with Gasteiger partial charge in [-0.15, -0.1) is 21.0 Å². The molecule has 0 N–H and O–H groups in total. The summed E-state index contributed by atoms with van der Waals surface area (Å²) >= 11 is 0. The van der Waals surface area contributed by atoms with Crippen LogP contribution in [0.5, 0.6) is 0 Å². The Morgan fingerprint density at radius 3 is 1.65 bits per heavy atom. The molecule has 2 heteroatoms. The summed E-state index contributed by atoms with van der Waals surface area (Å²) in [5.74, 6) is 0. The van der Waals surface area contributed by atoms with Gasteiger partial charge in [0, 0.05) is 0 Å². The summed E-state index contributed by atoms with van der Waals surface area (Å²) in [6.07, 6.45) is 20.2. The van der Waals surface area contributed by atoms with Crippen molar-refractivity contribution in [2.75, 3.05) is 6.16 Å². The number of halogens is 1. The Labute approximate surface area is 153 Å². The van der Waals surface area contributed by atoms with Crippen molar-refractivity contribution < 1.29 is 0 Å². The predicted octanol–water partition coefficient (Wildman–Crippen LogP) is 7.99. The molecule has 0 aromatic heterocycles. The molecule has 1 rings (SSSR count). The van der Waals surface area contributed by atoms with Crippen molar-refractivity contribution in [1.29, 1.82) is 0 Å². The van der Waals surface area contributed by atoms with Crippen molar-refractivity contribution in [3.8, 4) is 0 Å². The van der Waals surface area contributed by atoms with Gasteiger partial charge in [-0.2, -0.15) is 0 Å². The molecule has 1 atom stereocenters. The third-order valence-electron chi connectivity index (χ3n) is 4.38. The van der Waals surface area contributed by atoms with Gasteiger partial charge in [-0.25, -0.2) is 0 Å². The van der Waals surface area contributed by atoms with E-state index in [0.29, 0.717) is 0 Å². The maximum absolute atomic E-state index is 2.29. The highest BCUT2D eigenvalue weighted by molar-refractivity contribution is 7.37. The third kappa shape index (κ3) is 15.2. The van der Waals surface area contributed by atoms with E-state index in [0.717, 1.165) is 8.58 Å². The second-order valence-corrected chi connectivity index (χ2v) is 7.91. The van der Waals surface area contributed by atoms with E-state index in [2.05, 4.69) is 37.3 Å². The van der Waals surface area contributed by atoms with Gasteiger partial charge >= 0.3 is 0 Å². The third-order valence-corrected chi connectivity index (χ3v) is 5.74. The molecule has 0 aliphatic rings. The van der Waals surface area contributed by atoms with E-state index in [-0.39, 0.29) is 12.4 Å². The molecule has 0 nitrogen and oxygen atoms in total. The average molecular weight is 357 g/mol. The van der Waals surface area contributed by atoms with Crippen LogP contribution in [0.3, 0.4) is 0 Å². The second-order valence-electron chi connectivity index (χ2n) is 6.55. The molecule has 0 aliphatic carbocycles. The van der Waals surface area contributed by atoms with Gasteiger partial charge < -0.3 is 0 Å². The highest BCUT2D eigenvalue weighted by atomic mass is 35.5. The maximum Gasteiger partial charge on any atom is -0.0101 e. The molecule has 0 bridgehead atoms. The van der Waals surface area contributed by atoms with Gasteiger partial charge in [-0.3, -0.25) is 0 Å². The molecule has 0 aliphatic heterocycles. The van der Waals surface area contributed by atoms with Gasteiger partial charge in [0.15, 0.2) is 0 Å². The molecule has 0 amide bonds. The zero-order chi connectivity index (χ0) is 15.7. The van der Waals surface area contributed by atoms with Gasteiger partial charge in [0.1, 0.15) is 0 Å². The lowest BCUT2D eigenvalue weighted by Gasteiger charge is -2.04. The van der Waals surface area contributed by atoms with Crippen LogP contribution >= 0.6 is 21.0 Å². The lowest BCUT2D eigenvalue weighted by Crippen LogP contribution is -1.84. The first-order valence-corrected chi connectivity index (χ1v) is 11.1. The lowest BCUT2D eigenvalue weighted by atomic mass is 10.1. The van der Waals surface area contributed by atoms with Crippen LogP contribution in [0.2, 0.25) is 0 Å². The van der Waals surface area contributed by atoms with Crippen LogP contribution in [0.1, 0.15) is 89.5 Å². The molecule has 1 unspecified atom stereocenters. The minimum atomic E-state index is 0. The fourth-order valence-electron chi connectivity index (χ4n) is 2.92. The second kappa shape index (κ2) is 18.3. The smallest absolute Gasteiger partial charge is 0.0101 e. The molecule has 0 saturated heterocycles. The van der Waals surface area contributed by atoms with Crippen LogP contribution < -0.4 is 0 Å². The number of rotatable bonds is 15. The number of unbranched alkanes of at least 4 members (excludes halogenated alkanes) is 11. The van der Waals surface area contributed by atoms with Crippen molar-refractivity contribution in [2.24, 2.45) is 0 Å². The van der Waals surface area contributed by atoms with Crippen LogP contribution in [0, 0.1) is 0 Å². The van der Waals surface area contributed by atoms with Crippen LogP contribution in [0.25, 0.3) is 0 Å². The molecular formula is C21H38ClP. The SMILES string of the molecule is CCCCCCCCCCCCCCPCc1ccccc1.Cl. The summed E-state index contributed by atoms with van der Waals surface area (Å²) in [6, 6.07) is 10.9. The first kappa shape index (κ1) is 22.9. The normalized spacial score (nSPS) is 11.0. The first-order valence-electron chi connectivity index (χ1n) is 9.68.